The van der Waals surface area contributed by atoms with Crippen molar-refractivity contribution in [1.29, 1.82) is 0 Å². The highest BCUT2D eigenvalue weighted by atomic mass is 16.5. The van der Waals surface area contributed by atoms with Gasteiger partial charge >= 0.3 is 5.97 Å². The highest BCUT2D eigenvalue weighted by Gasteiger charge is 2.10. The number of esters is 1. The first kappa shape index (κ1) is 8.27. The van der Waals surface area contributed by atoms with E-state index in [1.54, 1.807) is 0 Å². The summed E-state index contributed by atoms with van der Waals surface area (Å²) >= 11 is 0. The summed E-state index contributed by atoms with van der Waals surface area (Å²) in [7, 11) is 1.39. The van der Waals surface area contributed by atoms with Crippen LogP contribution < -0.4 is 0 Å². The summed E-state index contributed by atoms with van der Waals surface area (Å²) in [5.41, 5.74) is 0. The molecule has 1 aliphatic heterocycles. The smallest absolute Gasteiger partial charge is 0.330 e. The van der Waals surface area contributed by atoms with E-state index in [-0.39, 0.29) is 5.97 Å². The lowest BCUT2D eigenvalue weighted by Gasteiger charge is -2.29. The molecule has 3 nitrogen and oxygen atoms in total. The van der Waals surface area contributed by atoms with Crippen LogP contribution in [0, 0.1) is 0 Å². The van der Waals surface area contributed by atoms with Crippen LogP contribution in [-0.2, 0) is 9.53 Å². The van der Waals surface area contributed by atoms with E-state index < -0.39 is 0 Å². The number of nitrogens with zero attached hydrogens (tertiary/aromatic N) is 1. The molecule has 0 amide bonds. The van der Waals surface area contributed by atoms with Crippen molar-refractivity contribution >= 4 is 5.97 Å². The van der Waals surface area contributed by atoms with E-state index in [0.717, 1.165) is 19.6 Å². The summed E-state index contributed by atoms with van der Waals surface area (Å²) in [6.07, 6.45) is 4.59. The zero-order valence-corrected chi connectivity index (χ0v) is 6.75. The monoisotopic (exact) mass is 155 g/mol. The molecule has 62 valence electrons. The second kappa shape index (κ2) is 4.13. The Morgan fingerprint density at radius 2 is 2.36 bits per heavy atom. The molecule has 0 aromatic carbocycles. The van der Waals surface area contributed by atoms with Crippen molar-refractivity contribution in [3.8, 4) is 0 Å². The maximum atomic E-state index is 10.6. The summed E-state index contributed by atoms with van der Waals surface area (Å²) < 4.78 is 4.44. The average Bonchev–Trinajstić information content (AvgIpc) is 1.94. The Morgan fingerprint density at radius 3 is 2.82 bits per heavy atom. The van der Waals surface area contributed by atoms with Crippen molar-refractivity contribution in [2.75, 3.05) is 26.7 Å². The Balaban J connectivity index is 2.09. The third-order valence-corrected chi connectivity index (χ3v) is 1.77. The predicted molar refractivity (Wildman–Crippen MR) is 42.2 cm³/mol. The number of ether oxygens (including phenoxy) is 1. The lowest BCUT2D eigenvalue weighted by atomic mass is 10.2. The van der Waals surface area contributed by atoms with Crippen molar-refractivity contribution < 1.29 is 9.53 Å². The number of hydrogen-bond acceptors (Lipinski definition) is 3. The summed E-state index contributed by atoms with van der Waals surface area (Å²) in [5, 5.41) is 0. The third-order valence-electron chi connectivity index (χ3n) is 1.77. The Bertz CT molecular complexity index is 161. The molecular formula is C8H13NO2. The number of hydrogen-bond donors (Lipinski definition) is 0. The zero-order valence-electron chi connectivity index (χ0n) is 6.75. The topological polar surface area (TPSA) is 29.5 Å². The first-order chi connectivity index (χ1) is 5.33. The molecule has 11 heavy (non-hydrogen) atoms. The molecule has 1 fully saturated rings. The lowest BCUT2D eigenvalue weighted by molar-refractivity contribution is -0.134. The van der Waals surface area contributed by atoms with Gasteiger partial charge < -0.3 is 4.74 Å². The van der Waals surface area contributed by atoms with Crippen LogP contribution in [0.1, 0.15) is 6.42 Å². The maximum Gasteiger partial charge on any atom is 0.330 e. The Morgan fingerprint density at radius 1 is 1.64 bits per heavy atom. The van der Waals surface area contributed by atoms with Gasteiger partial charge in [0.1, 0.15) is 0 Å². The molecule has 1 aliphatic rings. The molecule has 0 spiro atoms. The molecule has 0 bridgehead atoms. The summed E-state index contributed by atoms with van der Waals surface area (Å²) in [5.74, 6) is -0.273. The quantitative estimate of drug-likeness (QED) is 0.437. The number of rotatable bonds is 3. The van der Waals surface area contributed by atoms with Crippen LogP contribution in [0.2, 0.25) is 0 Å². The summed E-state index contributed by atoms with van der Waals surface area (Å²) in [4.78, 5) is 12.8. The van der Waals surface area contributed by atoms with Gasteiger partial charge in [-0.1, -0.05) is 6.08 Å². The van der Waals surface area contributed by atoms with Gasteiger partial charge in [-0.05, 0) is 19.5 Å². The minimum Gasteiger partial charge on any atom is -0.466 e. The molecule has 1 saturated heterocycles. The van der Waals surface area contributed by atoms with Crippen LogP contribution >= 0.6 is 0 Å². The van der Waals surface area contributed by atoms with Crippen LogP contribution in [0.5, 0.6) is 0 Å². The minimum absolute atomic E-state index is 0.273. The second-order valence-electron chi connectivity index (χ2n) is 2.58. The Kier molecular flexibility index (Phi) is 3.11. The molecular weight excluding hydrogens is 142 g/mol. The highest BCUT2D eigenvalue weighted by molar-refractivity contribution is 5.81. The van der Waals surface area contributed by atoms with E-state index in [1.165, 1.54) is 19.6 Å². The van der Waals surface area contributed by atoms with E-state index in [2.05, 4.69) is 9.64 Å². The van der Waals surface area contributed by atoms with Crippen LogP contribution in [0.4, 0.5) is 0 Å². The van der Waals surface area contributed by atoms with Crippen LogP contribution in [0.15, 0.2) is 12.2 Å². The molecule has 1 rings (SSSR count). The first-order valence-corrected chi connectivity index (χ1v) is 3.80. The fraction of sp³-hybridized carbons (Fsp3) is 0.625. The molecule has 0 atom stereocenters. The minimum atomic E-state index is -0.273. The van der Waals surface area contributed by atoms with Gasteiger partial charge in [0.15, 0.2) is 0 Å². The molecule has 0 saturated carbocycles. The van der Waals surface area contributed by atoms with Gasteiger partial charge in [-0.2, -0.15) is 0 Å². The number of carbonyl (C=O) groups excluding carboxylic acids is 1. The van der Waals surface area contributed by atoms with Gasteiger partial charge in [0.05, 0.1) is 7.11 Å². The van der Waals surface area contributed by atoms with Gasteiger partial charge in [-0.15, -0.1) is 0 Å². The number of carbonyl (C=O) groups is 1. The van der Waals surface area contributed by atoms with Gasteiger partial charge in [-0.3, -0.25) is 4.90 Å². The Hall–Kier alpha value is -0.830. The largest absolute Gasteiger partial charge is 0.466 e. The van der Waals surface area contributed by atoms with E-state index >= 15 is 0 Å². The van der Waals surface area contributed by atoms with E-state index in [1.807, 2.05) is 6.08 Å². The fourth-order valence-corrected chi connectivity index (χ4v) is 0.930. The van der Waals surface area contributed by atoms with E-state index in [4.69, 9.17) is 0 Å². The van der Waals surface area contributed by atoms with Gasteiger partial charge in [0.2, 0.25) is 0 Å². The Labute approximate surface area is 66.6 Å². The third kappa shape index (κ3) is 2.72. The standard InChI is InChI=1S/C8H13NO2/c1-11-8(10)4-2-5-9-6-3-7-9/h2,4H,3,5-7H2,1H3/b4-2+. The highest BCUT2D eigenvalue weighted by Crippen LogP contribution is 2.03. The number of methoxy groups -OCH3 is 1. The van der Waals surface area contributed by atoms with Crippen molar-refractivity contribution in [2.24, 2.45) is 0 Å². The first-order valence-electron chi connectivity index (χ1n) is 3.80. The van der Waals surface area contributed by atoms with Gasteiger partial charge in [0.25, 0.3) is 0 Å². The second-order valence-corrected chi connectivity index (χ2v) is 2.58. The normalized spacial score (nSPS) is 18.3. The van der Waals surface area contributed by atoms with E-state index in [9.17, 15) is 4.79 Å². The summed E-state index contributed by atoms with van der Waals surface area (Å²) in [6.45, 7) is 3.19. The average molecular weight is 155 g/mol. The van der Waals surface area contributed by atoms with Gasteiger partial charge in [0, 0.05) is 12.6 Å². The fourth-order valence-electron chi connectivity index (χ4n) is 0.930. The SMILES string of the molecule is COC(=O)/C=C/CN1CCC1. The van der Waals surface area contributed by atoms with Crippen LogP contribution in [-0.4, -0.2) is 37.6 Å². The molecule has 0 aromatic rings. The van der Waals surface area contributed by atoms with Gasteiger partial charge in [-0.25, -0.2) is 4.79 Å². The van der Waals surface area contributed by atoms with Crippen molar-refractivity contribution in [2.45, 2.75) is 6.42 Å². The van der Waals surface area contributed by atoms with Crippen LogP contribution in [0.3, 0.4) is 0 Å². The maximum absolute atomic E-state index is 10.6. The number of likely N-dealkylation sites (tertiary alicyclic amines) is 1. The zero-order chi connectivity index (χ0) is 8.10. The van der Waals surface area contributed by atoms with Crippen LogP contribution in [0.25, 0.3) is 0 Å². The van der Waals surface area contributed by atoms with Crippen molar-refractivity contribution in [1.82, 2.24) is 4.90 Å². The van der Waals surface area contributed by atoms with Crippen molar-refractivity contribution in [3.63, 3.8) is 0 Å². The summed E-state index contributed by atoms with van der Waals surface area (Å²) in [6, 6.07) is 0. The van der Waals surface area contributed by atoms with E-state index in [0.29, 0.717) is 0 Å². The molecule has 0 aromatic heterocycles. The molecule has 0 N–H and O–H groups in total. The molecule has 3 heteroatoms. The molecule has 1 heterocycles. The predicted octanol–water partition coefficient (Wildman–Crippen LogP) is 0.421. The van der Waals surface area contributed by atoms with Crippen molar-refractivity contribution in [3.05, 3.63) is 12.2 Å². The molecule has 0 unspecified atom stereocenters. The lowest BCUT2D eigenvalue weighted by Crippen LogP contribution is -2.36. The molecule has 0 aliphatic carbocycles. The molecule has 0 radical (unpaired) electrons.